The van der Waals surface area contributed by atoms with Crippen LogP contribution in [0.2, 0.25) is 0 Å². The number of nitrogens with zero attached hydrogens (tertiary/aromatic N) is 2. The monoisotopic (exact) mass is 368 g/mol. The van der Waals surface area contributed by atoms with Crippen LogP contribution >= 0.6 is 0 Å². The third kappa shape index (κ3) is 3.37. The zero-order valence-corrected chi connectivity index (χ0v) is 14.8. The number of cyclic esters (lactones) is 1. The van der Waals surface area contributed by atoms with Crippen molar-refractivity contribution in [1.29, 1.82) is 0 Å². The van der Waals surface area contributed by atoms with Crippen molar-refractivity contribution in [2.45, 2.75) is 45.1 Å². The van der Waals surface area contributed by atoms with Crippen LogP contribution in [0.5, 0.6) is 0 Å². The van der Waals surface area contributed by atoms with Crippen molar-refractivity contribution in [3.8, 4) is 0 Å². The summed E-state index contributed by atoms with van der Waals surface area (Å²) < 4.78 is 40.5. The molecule has 26 heavy (non-hydrogen) atoms. The van der Waals surface area contributed by atoms with Crippen molar-refractivity contribution in [2.24, 2.45) is 11.8 Å². The van der Waals surface area contributed by atoms with Crippen LogP contribution in [-0.2, 0) is 20.2 Å². The van der Waals surface area contributed by atoms with E-state index in [1.165, 1.54) is 4.68 Å². The van der Waals surface area contributed by atoms with E-state index in [1.54, 1.807) is 6.92 Å². The second-order valence-corrected chi connectivity index (χ2v) is 6.78. The molecule has 0 radical (unpaired) electrons. The van der Waals surface area contributed by atoms with Gasteiger partial charge < -0.3 is 9.47 Å². The summed E-state index contributed by atoms with van der Waals surface area (Å²) in [5, 5.41) is 4.08. The Balaban J connectivity index is 1.88. The van der Waals surface area contributed by atoms with E-state index in [0.29, 0.717) is 25.9 Å². The molecular formula is C18H22F2N2O4. The van der Waals surface area contributed by atoms with Crippen molar-refractivity contribution >= 4 is 11.9 Å². The molecule has 3 rings (SSSR count). The van der Waals surface area contributed by atoms with Gasteiger partial charge in [-0.3, -0.25) is 9.48 Å². The number of fused-ring (bicyclic) bond motifs is 1. The highest BCUT2D eigenvalue weighted by molar-refractivity contribution is 5.91. The van der Waals surface area contributed by atoms with Crippen LogP contribution in [0, 0.1) is 11.8 Å². The molecule has 1 aromatic heterocycles. The van der Waals surface area contributed by atoms with Gasteiger partial charge in [0.15, 0.2) is 0 Å². The lowest BCUT2D eigenvalue weighted by molar-refractivity contribution is -0.151. The minimum atomic E-state index is -3.31. The van der Waals surface area contributed by atoms with E-state index < -0.39 is 17.6 Å². The number of alkyl halides is 2. The molecule has 0 spiro atoms. The molecule has 8 heteroatoms. The topological polar surface area (TPSA) is 70.4 Å². The molecule has 1 aliphatic heterocycles. The summed E-state index contributed by atoms with van der Waals surface area (Å²) in [6.45, 7) is 3.79. The second kappa shape index (κ2) is 7.17. The Hall–Kier alpha value is -2.25. The molecular weight excluding hydrogens is 346 g/mol. The number of rotatable bonds is 3. The molecule has 3 atom stereocenters. The first-order chi connectivity index (χ1) is 12.3. The molecule has 2 heterocycles. The molecule has 0 amide bonds. The zero-order chi connectivity index (χ0) is 18.9. The van der Waals surface area contributed by atoms with E-state index in [4.69, 9.17) is 9.47 Å². The van der Waals surface area contributed by atoms with Crippen LogP contribution in [0.1, 0.15) is 55.2 Å². The van der Waals surface area contributed by atoms with Gasteiger partial charge in [-0.15, -0.1) is 0 Å². The molecule has 142 valence electrons. The number of allylic oxidation sites excluding steroid dienone is 1. The first-order valence-electron chi connectivity index (χ1n) is 8.82. The van der Waals surface area contributed by atoms with E-state index in [0.717, 1.165) is 18.3 Å². The third-order valence-electron chi connectivity index (χ3n) is 5.05. The molecule has 1 fully saturated rings. The maximum Gasteiger partial charge on any atom is 0.342 e. The van der Waals surface area contributed by atoms with Crippen LogP contribution in [0.25, 0.3) is 0 Å². The predicted octanol–water partition coefficient (Wildman–Crippen LogP) is 3.24. The van der Waals surface area contributed by atoms with Crippen LogP contribution in [0.4, 0.5) is 8.78 Å². The summed E-state index contributed by atoms with van der Waals surface area (Å²) in [5.74, 6) is -4.63. The number of halogens is 2. The second-order valence-electron chi connectivity index (χ2n) is 6.78. The fourth-order valence-electron chi connectivity index (χ4n) is 3.79. The molecule has 6 nitrogen and oxygen atoms in total. The molecule has 3 unspecified atom stereocenters. The Morgan fingerprint density at radius 3 is 2.92 bits per heavy atom. The first-order valence-corrected chi connectivity index (χ1v) is 8.82. The fourth-order valence-corrected chi connectivity index (χ4v) is 3.79. The maximum atomic E-state index is 14.6. The Morgan fingerprint density at radius 1 is 1.46 bits per heavy atom. The van der Waals surface area contributed by atoms with Crippen LogP contribution in [0.15, 0.2) is 18.3 Å². The Labute approximate surface area is 150 Å². The lowest BCUT2D eigenvalue weighted by Crippen LogP contribution is -2.33. The summed E-state index contributed by atoms with van der Waals surface area (Å²) in [4.78, 5) is 24.0. The fraction of sp³-hybridized carbons (Fsp3) is 0.611. The van der Waals surface area contributed by atoms with E-state index in [1.807, 2.05) is 6.92 Å². The van der Waals surface area contributed by atoms with Crippen molar-refractivity contribution < 1.29 is 27.8 Å². The Bertz CT molecular complexity index is 729. The number of carbonyl (C=O) groups excluding carboxylic acids is 2. The summed E-state index contributed by atoms with van der Waals surface area (Å²) in [5.41, 5.74) is -0.648. The smallest absolute Gasteiger partial charge is 0.342 e. The number of esters is 2. The SMILES string of the molecule is CCOC(=O)C1CCC(n2ncc3c2C(F)(F)C=CCOC3=O)CC1C. The average molecular weight is 368 g/mol. The van der Waals surface area contributed by atoms with Gasteiger partial charge in [0.25, 0.3) is 0 Å². The van der Waals surface area contributed by atoms with Crippen molar-refractivity contribution in [3.05, 3.63) is 29.6 Å². The summed E-state index contributed by atoms with van der Waals surface area (Å²) in [6, 6.07) is -0.314. The number of carbonyl (C=O) groups is 2. The Kier molecular flexibility index (Phi) is 5.11. The molecule has 1 aromatic rings. The maximum absolute atomic E-state index is 14.6. The summed E-state index contributed by atoms with van der Waals surface area (Å²) >= 11 is 0. The molecule has 1 saturated carbocycles. The van der Waals surface area contributed by atoms with E-state index in [-0.39, 0.29) is 36.0 Å². The highest BCUT2D eigenvalue weighted by Crippen LogP contribution is 2.41. The molecule has 2 aliphatic rings. The molecule has 0 saturated heterocycles. The number of aromatic nitrogens is 2. The van der Waals surface area contributed by atoms with Crippen molar-refractivity contribution in [1.82, 2.24) is 9.78 Å². The van der Waals surface area contributed by atoms with E-state index >= 15 is 0 Å². The normalized spacial score (nSPS) is 27.8. The van der Waals surface area contributed by atoms with Crippen molar-refractivity contribution in [3.63, 3.8) is 0 Å². The van der Waals surface area contributed by atoms with Gasteiger partial charge in [0, 0.05) is 0 Å². The van der Waals surface area contributed by atoms with Gasteiger partial charge >= 0.3 is 17.9 Å². The van der Waals surface area contributed by atoms with Gasteiger partial charge in [-0.05, 0) is 44.3 Å². The first kappa shape index (κ1) is 18.5. The third-order valence-corrected chi connectivity index (χ3v) is 5.05. The molecule has 1 aliphatic carbocycles. The zero-order valence-electron chi connectivity index (χ0n) is 14.8. The molecule has 0 bridgehead atoms. The number of hydrogen-bond donors (Lipinski definition) is 0. The average Bonchev–Trinajstić information content (AvgIpc) is 3.03. The highest BCUT2D eigenvalue weighted by Gasteiger charge is 2.42. The summed E-state index contributed by atoms with van der Waals surface area (Å²) in [7, 11) is 0. The largest absolute Gasteiger partial charge is 0.466 e. The van der Waals surface area contributed by atoms with Gasteiger partial charge in [-0.25, -0.2) is 4.79 Å². The number of hydrogen-bond acceptors (Lipinski definition) is 5. The van der Waals surface area contributed by atoms with Crippen LogP contribution < -0.4 is 0 Å². The van der Waals surface area contributed by atoms with Gasteiger partial charge in [0.2, 0.25) is 0 Å². The Morgan fingerprint density at radius 2 is 2.23 bits per heavy atom. The lowest BCUT2D eigenvalue weighted by Gasteiger charge is -2.34. The molecule has 0 N–H and O–H groups in total. The van der Waals surface area contributed by atoms with Gasteiger partial charge in [-0.1, -0.05) is 6.92 Å². The van der Waals surface area contributed by atoms with Crippen molar-refractivity contribution in [2.75, 3.05) is 13.2 Å². The lowest BCUT2D eigenvalue weighted by atomic mass is 9.78. The van der Waals surface area contributed by atoms with Crippen LogP contribution in [0.3, 0.4) is 0 Å². The van der Waals surface area contributed by atoms with Gasteiger partial charge in [0.05, 0.1) is 24.8 Å². The standard InChI is InChI=1S/C18H22F2N2O4/c1-3-25-16(23)13-6-5-12(9-11(13)2)22-15-14(10-21-22)17(24)26-8-4-7-18(15,19)20/h4,7,10-13H,3,5-6,8-9H2,1-2H3. The minimum Gasteiger partial charge on any atom is -0.466 e. The summed E-state index contributed by atoms with van der Waals surface area (Å²) in [6.07, 6.45) is 4.57. The van der Waals surface area contributed by atoms with E-state index in [9.17, 15) is 18.4 Å². The van der Waals surface area contributed by atoms with Gasteiger partial charge in [-0.2, -0.15) is 13.9 Å². The van der Waals surface area contributed by atoms with E-state index in [2.05, 4.69) is 5.10 Å². The minimum absolute atomic E-state index is 0.0303. The number of ether oxygens (including phenoxy) is 2. The van der Waals surface area contributed by atoms with Gasteiger partial charge in [0.1, 0.15) is 17.9 Å². The quantitative estimate of drug-likeness (QED) is 0.605. The predicted molar refractivity (Wildman–Crippen MR) is 87.7 cm³/mol. The van der Waals surface area contributed by atoms with Crippen LogP contribution in [-0.4, -0.2) is 34.9 Å². The molecule has 0 aromatic carbocycles. The highest BCUT2D eigenvalue weighted by atomic mass is 19.3.